The molecule has 29 heavy (non-hydrogen) atoms. The summed E-state index contributed by atoms with van der Waals surface area (Å²) in [6.45, 7) is 6.86. The topological polar surface area (TPSA) is 84.4 Å². The van der Waals surface area contributed by atoms with Crippen LogP contribution in [0.15, 0.2) is 6.20 Å². The molecule has 1 N–H and O–H groups in total. The molecule has 1 amide bonds. The van der Waals surface area contributed by atoms with Crippen molar-refractivity contribution >= 4 is 17.5 Å². The van der Waals surface area contributed by atoms with E-state index in [0.29, 0.717) is 18.9 Å². The molecule has 1 aliphatic carbocycles. The molecule has 0 spiro atoms. The zero-order chi connectivity index (χ0) is 21.4. The largest absolute Gasteiger partial charge is 0.475 e. The average Bonchev–Trinajstić information content (AvgIpc) is 3.44. The number of alkyl halides is 2. The number of carbonyl (C=O) groups excluding carboxylic acids is 2. The lowest BCUT2D eigenvalue weighted by Gasteiger charge is -2.39. The Morgan fingerprint density at radius 2 is 2.00 bits per heavy atom. The van der Waals surface area contributed by atoms with Gasteiger partial charge in [-0.1, -0.05) is 27.7 Å². The van der Waals surface area contributed by atoms with E-state index in [2.05, 4.69) is 15.3 Å². The minimum atomic E-state index is -2.76. The van der Waals surface area contributed by atoms with Crippen LogP contribution >= 0.6 is 0 Å². The number of hydrogen-bond donors (Lipinski definition) is 1. The number of hydrogen-bond acceptors (Lipinski definition) is 6. The first kappa shape index (κ1) is 21.4. The number of Topliss-reactive ketones (excluding diaryl/α,β-unsaturated/α-hetero) is 1. The number of aromatic nitrogens is 2. The van der Waals surface area contributed by atoms with E-state index in [1.165, 1.54) is 11.1 Å². The Labute approximate surface area is 169 Å². The van der Waals surface area contributed by atoms with Crippen LogP contribution in [-0.2, 0) is 4.79 Å². The van der Waals surface area contributed by atoms with E-state index in [-0.39, 0.29) is 23.2 Å². The molecule has 2 aliphatic rings. The molecule has 0 aromatic carbocycles. The van der Waals surface area contributed by atoms with Crippen LogP contribution in [0.4, 0.5) is 14.6 Å². The first-order valence-corrected chi connectivity index (χ1v) is 9.96. The number of rotatable bonds is 8. The second kappa shape index (κ2) is 7.84. The van der Waals surface area contributed by atoms with Crippen molar-refractivity contribution in [1.82, 2.24) is 15.3 Å². The number of nitrogens with one attached hydrogen (secondary N) is 1. The van der Waals surface area contributed by atoms with Gasteiger partial charge in [0, 0.05) is 6.42 Å². The van der Waals surface area contributed by atoms with Gasteiger partial charge < -0.3 is 15.0 Å². The monoisotopic (exact) mass is 410 g/mol. The fourth-order valence-electron chi connectivity index (χ4n) is 3.12. The molecule has 0 radical (unpaired) electrons. The lowest BCUT2D eigenvalue weighted by atomic mass is 9.83. The van der Waals surface area contributed by atoms with Gasteiger partial charge in [-0.3, -0.25) is 9.59 Å². The van der Waals surface area contributed by atoms with Crippen molar-refractivity contribution in [3.63, 3.8) is 0 Å². The molecule has 1 saturated heterocycles. The standard InChI is InChI=1S/C20H28F2N4O3/c1-5-14(27)15(19(2,3)4)25-17(28)13-8-23-16(26-10-20(21,22)11-26)18(24-13)29-9-12-6-7-12/h8,12,15H,5-7,9-11H2,1-4H3,(H,25,28)/t15-/m1/s1. The third-order valence-electron chi connectivity index (χ3n) is 5.06. The van der Waals surface area contributed by atoms with Crippen LogP contribution in [0.3, 0.4) is 0 Å². The van der Waals surface area contributed by atoms with Gasteiger partial charge in [0.25, 0.3) is 17.7 Å². The van der Waals surface area contributed by atoms with Crippen molar-refractivity contribution in [2.75, 3.05) is 24.6 Å². The SMILES string of the molecule is CCC(=O)[C@@H](NC(=O)c1cnc(N2CC(F)(F)C2)c(OCC2CC2)n1)C(C)(C)C. The van der Waals surface area contributed by atoms with Gasteiger partial charge in [0.2, 0.25) is 0 Å². The Morgan fingerprint density at radius 3 is 2.52 bits per heavy atom. The quantitative estimate of drug-likeness (QED) is 0.710. The number of ketones is 1. The van der Waals surface area contributed by atoms with Crippen molar-refractivity contribution in [1.29, 1.82) is 0 Å². The van der Waals surface area contributed by atoms with E-state index >= 15 is 0 Å². The molecular formula is C20H28F2N4O3. The van der Waals surface area contributed by atoms with E-state index in [9.17, 15) is 18.4 Å². The number of ether oxygens (including phenoxy) is 1. The predicted octanol–water partition coefficient (Wildman–Crippen LogP) is 2.84. The van der Waals surface area contributed by atoms with Crippen molar-refractivity contribution in [2.24, 2.45) is 11.3 Å². The molecule has 1 saturated carbocycles. The van der Waals surface area contributed by atoms with Crippen LogP contribution in [0, 0.1) is 11.3 Å². The minimum absolute atomic E-state index is 0.00927. The number of anilines is 1. The van der Waals surface area contributed by atoms with Crippen LogP contribution in [-0.4, -0.2) is 53.3 Å². The average molecular weight is 410 g/mol. The number of halogens is 2. The van der Waals surface area contributed by atoms with Crippen LogP contribution in [0.5, 0.6) is 5.88 Å². The Kier molecular flexibility index (Phi) is 5.78. The van der Waals surface area contributed by atoms with Crippen LogP contribution in [0.1, 0.15) is 57.4 Å². The zero-order valence-electron chi connectivity index (χ0n) is 17.3. The van der Waals surface area contributed by atoms with Crippen molar-refractivity contribution < 1.29 is 23.1 Å². The van der Waals surface area contributed by atoms with E-state index in [0.717, 1.165) is 12.8 Å². The molecule has 9 heteroatoms. The molecule has 1 aromatic rings. The molecule has 1 aromatic heterocycles. The third kappa shape index (κ3) is 5.19. The van der Waals surface area contributed by atoms with E-state index in [1.54, 1.807) is 6.92 Å². The maximum Gasteiger partial charge on any atom is 0.282 e. The van der Waals surface area contributed by atoms with Crippen LogP contribution < -0.4 is 15.0 Å². The summed E-state index contributed by atoms with van der Waals surface area (Å²) in [5, 5.41) is 2.74. The summed E-state index contributed by atoms with van der Waals surface area (Å²) in [5.41, 5.74) is -0.477. The van der Waals surface area contributed by atoms with E-state index < -0.39 is 36.4 Å². The maximum absolute atomic E-state index is 13.3. The van der Waals surface area contributed by atoms with Gasteiger partial charge in [0.1, 0.15) is 0 Å². The Hall–Kier alpha value is -2.32. The first-order valence-electron chi connectivity index (χ1n) is 9.96. The van der Waals surface area contributed by atoms with Crippen molar-refractivity contribution in [3.05, 3.63) is 11.9 Å². The third-order valence-corrected chi connectivity index (χ3v) is 5.06. The molecule has 0 bridgehead atoms. The van der Waals surface area contributed by atoms with Gasteiger partial charge in [0.15, 0.2) is 17.3 Å². The molecule has 160 valence electrons. The predicted molar refractivity (Wildman–Crippen MR) is 103 cm³/mol. The summed E-state index contributed by atoms with van der Waals surface area (Å²) in [7, 11) is 0. The molecule has 1 aliphatic heterocycles. The van der Waals surface area contributed by atoms with Gasteiger partial charge >= 0.3 is 0 Å². The summed E-state index contributed by atoms with van der Waals surface area (Å²) in [6, 6.07) is -0.675. The highest BCUT2D eigenvalue weighted by Gasteiger charge is 2.46. The fourth-order valence-corrected chi connectivity index (χ4v) is 3.12. The summed E-state index contributed by atoms with van der Waals surface area (Å²) >= 11 is 0. The minimum Gasteiger partial charge on any atom is -0.475 e. The molecular weight excluding hydrogens is 382 g/mol. The van der Waals surface area contributed by atoms with Crippen LogP contribution in [0.2, 0.25) is 0 Å². The molecule has 2 fully saturated rings. The smallest absolute Gasteiger partial charge is 0.282 e. The highest BCUT2D eigenvalue weighted by atomic mass is 19.3. The van der Waals surface area contributed by atoms with Crippen LogP contribution in [0.25, 0.3) is 0 Å². The molecule has 7 nitrogen and oxygen atoms in total. The lowest BCUT2D eigenvalue weighted by Crippen LogP contribution is -2.56. The molecule has 3 rings (SSSR count). The first-order chi connectivity index (χ1) is 13.5. The zero-order valence-corrected chi connectivity index (χ0v) is 17.3. The van der Waals surface area contributed by atoms with Gasteiger partial charge in [0.05, 0.1) is 31.9 Å². The number of amides is 1. The second-order valence-corrected chi connectivity index (χ2v) is 8.94. The van der Waals surface area contributed by atoms with Crippen molar-refractivity contribution in [2.45, 2.75) is 58.9 Å². The normalized spacial score (nSPS) is 19.3. The molecule has 0 unspecified atom stereocenters. The van der Waals surface area contributed by atoms with Crippen molar-refractivity contribution in [3.8, 4) is 5.88 Å². The summed E-state index contributed by atoms with van der Waals surface area (Å²) < 4.78 is 32.3. The highest BCUT2D eigenvalue weighted by Crippen LogP contribution is 2.36. The maximum atomic E-state index is 13.3. The van der Waals surface area contributed by atoms with Gasteiger partial charge in [-0.15, -0.1) is 0 Å². The molecule has 1 atom stereocenters. The highest BCUT2D eigenvalue weighted by molar-refractivity contribution is 5.97. The van der Waals surface area contributed by atoms with E-state index in [4.69, 9.17) is 4.74 Å². The Bertz CT molecular complexity index is 782. The summed E-state index contributed by atoms with van der Waals surface area (Å²) in [6.07, 6.45) is 3.64. The number of nitrogens with zero attached hydrogens (tertiary/aromatic N) is 3. The summed E-state index contributed by atoms with van der Waals surface area (Å²) in [4.78, 5) is 34.8. The van der Waals surface area contributed by atoms with Gasteiger partial charge in [-0.2, -0.15) is 0 Å². The Morgan fingerprint density at radius 1 is 1.34 bits per heavy atom. The fraction of sp³-hybridized carbons (Fsp3) is 0.700. The van der Waals surface area contributed by atoms with Gasteiger partial charge in [-0.05, 0) is 24.2 Å². The number of carbonyl (C=O) groups is 2. The summed E-state index contributed by atoms with van der Waals surface area (Å²) in [5.74, 6) is -2.67. The Balaban J connectivity index is 1.79. The lowest BCUT2D eigenvalue weighted by molar-refractivity contribution is -0.122. The van der Waals surface area contributed by atoms with Gasteiger partial charge in [-0.25, -0.2) is 18.7 Å². The second-order valence-electron chi connectivity index (χ2n) is 8.94. The molecule has 2 heterocycles. The van der Waals surface area contributed by atoms with E-state index in [1.807, 2.05) is 20.8 Å².